The number of benzene rings is 2. The molecular weight excluding hydrogens is 294 g/mol. The van der Waals surface area contributed by atoms with Crippen LogP contribution in [0.5, 0.6) is 0 Å². The fourth-order valence-corrected chi connectivity index (χ4v) is 3.98. The Hall–Kier alpha value is -2.13. The van der Waals surface area contributed by atoms with E-state index in [1.54, 1.807) is 0 Å². The van der Waals surface area contributed by atoms with Crippen LogP contribution in [0.4, 0.5) is 5.69 Å². The van der Waals surface area contributed by atoms with E-state index in [4.69, 9.17) is 4.99 Å². The highest BCUT2D eigenvalue weighted by atomic mass is 15.0. The van der Waals surface area contributed by atoms with E-state index in [1.807, 2.05) is 0 Å². The van der Waals surface area contributed by atoms with Crippen molar-refractivity contribution in [1.29, 1.82) is 0 Å². The molecule has 2 aromatic carbocycles. The zero-order valence-corrected chi connectivity index (χ0v) is 14.3. The first-order chi connectivity index (χ1) is 11.8. The molecule has 2 aliphatic rings. The second-order valence-corrected chi connectivity index (χ2v) is 7.08. The summed E-state index contributed by atoms with van der Waals surface area (Å²) in [5, 5.41) is 7.17. The Morgan fingerprint density at radius 2 is 1.75 bits per heavy atom. The Labute approximate surface area is 144 Å². The first-order valence-electron chi connectivity index (χ1n) is 8.92. The summed E-state index contributed by atoms with van der Waals surface area (Å²) >= 11 is 0. The molecule has 2 aromatic rings. The molecule has 3 nitrogen and oxygen atoms in total. The van der Waals surface area contributed by atoms with Crippen LogP contribution in [0.3, 0.4) is 0 Å². The summed E-state index contributed by atoms with van der Waals surface area (Å²) in [6.07, 6.45) is 3.41. The zero-order chi connectivity index (χ0) is 16.4. The zero-order valence-electron chi connectivity index (χ0n) is 14.3. The summed E-state index contributed by atoms with van der Waals surface area (Å²) in [7, 11) is 0. The third kappa shape index (κ3) is 2.84. The van der Waals surface area contributed by atoms with Crippen molar-refractivity contribution >= 4 is 11.5 Å². The SMILES string of the molecule is Cc1ccccc1CN=C1Nc2ccccc2CC12CCNCC2. The van der Waals surface area contributed by atoms with E-state index >= 15 is 0 Å². The number of rotatable bonds is 2. The van der Waals surface area contributed by atoms with Gasteiger partial charge in [0, 0.05) is 11.1 Å². The molecule has 0 amide bonds. The number of piperidine rings is 1. The van der Waals surface area contributed by atoms with E-state index in [0.717, 1.165) is 38.9 Å². The van der Waals surface area contributed by atoms with Gasteiger partial charge in [0.25, 0.3) is 0 Å². The Bertz CT molecular complexity index is 757. The van der Waals surface area contributed by atoms with Crippen molar-refractivity contribution in [3.05, 3.63) is 65.2 Å². The molecule has 0 aromatic heterocycles. The average molecular weight is 319 g/mol. The molecular formula is C21H25N3. The Kier molecular flexibility index (Phi) is 4.11. The third-order valence-corrected chi connectivity index (χ3v) is 5.53. The van der Waals surface area contributed by atoms with E-state index in [9.17, 15) is 0 Å². The van der Waals surface area contributed by atoms with Crippen LogP contribution in [0.1, 0.15) is 29.5 Å². The van der Waals surface area contributed by atoms with Crippen LogP contribution in [-0.2, 0) is 13.0 Å². The number of para-hydroxylation sites is 1. The predicted molar refractivity (Wildman–Crippen MR) is 101 cm³/mol. The lowest BCUT2D eigenvalue weighted by atomic mass is 9.71. The largest absolute Gasteiger partial charge is 0.343 e. The van der Waals surface area contributed by atoms with Gasteiger partial charge in [0.05, 0.1) is 6.54 Å². The molecule has 1 spiro atoms. The lowest BCUT2D eigenvalue weighted by Gasteiger charge is -2.42. The van der Waals surface area contributed by atoms with Crippen molar-refractivity contribution in [1.82, 2.24) is 5.32 Å². The van der Waals surface area contributed by atoms with Gasteiger partial charge in [-0.05, 0) is 62.0 Å². The van der Waals surface area contributed by atoms with Crippen LogP contribution in [0.15, 0.2) is 53.5 Å². The number of amidine groups is 1. The number of hydrogen-bond donors (Lipinski definition) is 2. The molecule has 3 heteroatoms. The molecule has 2 heterocycles. The molecule has 0 radical (unpaired) electrons. The summed E-state index contributed by atoms with van der Waals surface area (Å²) in [5.41, 5.74) is 5.45. The number of anilines is 1. The van der Waals surface area contributed by atoms with Crippen LogP contribution in [0, 0.1) is 12.3 Å². The molecule has 1 saturated heterocycles. The molecule has 2 aliphatic heterocycles. The van der Waals surface area contributed by atoms with Crippen molar-refractivity contribution < 1.29 is 0 Å². The van der Waals surface area contributed by atoms with Gasteiger partial charge < -0.3 is 10.6 Å². The van der Waals surface area contributed by atoms with Crippen LogP contribution in [-0.4, -0.2) is 18.9 Å². The van der Waals surface area contributed by atoms with Crippen molar-refractivity contribution in [2.45, 2.75) is 32.7 Å². The Morgan fingerprint density at radius 3 is 2.58 bits per heavy atom. The standard InChI is InChI=1S/C21H25N3/c1-16-6-2-3-8-18(16)15-23-20-21(10-12-22-13-11-21)14-17-7-4-5-9-19(17)24-20/h2-9,22H,10-15H2,1H3,(H,23,24). The lowest BCUT2D eigenvalue weighted by Crippen LogP contribution is -2.48. The third-order valence-electron chi connectivity index (χ3n) is 5.53. The fraction of sp³-hybridized carbons (Fsp3) is 0.381. The van der Waals surface area contributed by atoms with Gasteiger partial charge in [-0.3, -0.25) is 4.99 Å². The van der Waals surface area contributed by atoms with E-state index in [-0.39, 0.29) is 5.41 Å². The first-order valence-corrected chi connectivity index (χ1v) is 8.92. The first kappa shape index (κ1) is 15.4. The minimum Gasteiger partial charge on any atom is -0.343 e. The van der Waals surface area contributed by atoms with E-state index in [2.05, 4.69) is 66.1 Å². The highest BCUT2D eigenvalue weighted by Gasteiger charge is 2.40. The highest BCUT2D eigenvalue weighted by Crippen LogP contribution is 2.40. The van der Waals surface area contributed by atoms with Gasteiger partial charge in [0.1, 0.15) is 5.84 Å². The van der Waals surface area contributed by atoms with Gasteiger partial charge in [-0.25, -0.2) is 0 Å². The number of fused-ring (bicyclic) bond motifs is 1. The molecule has 0 saturated carbocycles. The lowest BCUT2D eigenvalue weighted by molar-refractivity contribution is 0.293. The average Bonchev–Trinajstić information content (AvgIpc) is 2.62. The number of nitrogens with zero attached hydrogens (tertiary/aromatic N) is 1. The second kappa shape index (κ2) is 6.40. The van der Waals surface area contributed by atoms with Crippen molar-refractivity contribution in [3.63, 3.8) is 0 Å². The summed E-state index contributed by atoms with van der Waals surface area (Å²) < 4.78 is 0. The van der Waals surface area contributed by atoms with Gasteiger partial charge in [-0.15, -0.1) is 0 Å². The Balaban J connectivity index is 1.68. The fourth-order valence-electron chi connectivity index (χ4n) is 3.98. The van der Waals surface area contributed by atoms with Crippen LogP contribution in [0.25, 0.3) is 0 Å². The maximum Gasteiger partial charge on any atom is 0.108 e. The van der Waals surface area contributed by atoms with Gasteiger partial charge in [-0.2, -0.15) is 0 Å². The van der Waals surface area contributed by atoms with Gasteiger partial charge in [0.2, 0.25) is 0 Å². The molecule has 0 aliphatic carbocycles. The topological polar surface area (TPSA) is 36.4 Å². The number of aliphatic imine (C=N–C) groups is 1. The molecule has 24 heavy (non-hydrogen) atoms. The number of aryl methyl sites for hydroxylation is 1. The van der Waals surface area contributed by atoms with E-state index < -0.39 is 0 Å². The molecule has 4 rings (SSSR count). The second-order valence-electron chi connectivity index (χ2n) is 7.08. The summed E-state index contributed by atoms with van der Waals surface area (Å²) in [6, 6.07) is 17.2. The summed E-state index contributed by atoms with van der Waals surface area (Å²) in [4.78, 5) is 5.07. The maximum atomic E-state index is 5.07. The molecule has 1 fully saturated rings. The number of hydrogen-bond acceptors (Lipinski definition) is 2. The van der Waals surface area contributed by atoms with Crippen molar-refractivity contribution in [3.8, 4) is 0 Å². The quantitative estimate of drug-likeness (QED) is 0.880. The summed E-state index contributed by atoms with van der Waals surface area (Å²) in [5.74, 6) is 1.19. The normalized spacial score (nSPS) is 20.6. The van der Waals surface area contributed by atoms with E-state index in [0.29, 0.717) is 0 Å². The minimum absolute atomic E-state index is 0.169. The predicted octanol–water partition coefficient (Wildman–Crippen LogP) is 3.93. The molecule has 0 atom stereocenters. The molecule has 2 N–H and O–H groups in total. The highest BCUT2D eigenvalue weighted by molar-refractivity contribution is 6.02. The smallest absolute Gasteiger partial charge is 0.108 e. The van der Waals surface area contributed by atoms with Gasteiger partial charge >= 0.3 is 0 Å². The molecule has 0 bridgehead atoms. The monoisotopic (exact) mass is 319 g/mol. The van der Waals surface area contributed by atoms with E-state index in [1.165, 1.54) is 28.2 Å². The van der Waals surface area contributed by atoms with Gasteiger partial charge in [-0.1, -0.05) is 42.5 Å². The van der Waals surface area contributed by atoms with Crippen LogP contribution in [0.2, 0.25) is 0 Å². The Morgan fingerprint density at radius 1 is 1.00 bits per heavy atom. The van der Waals surface area contributed by atoms with Crippen LogP contribution >= 0.6 is 0 Å². The van der Waals surface area contributed by atoms with Gasteiger partial charge in [0.15, 0.2) is 0 Å². The summed E-state index contributed by atoms with van der Waals surface area (Å²) in [6.45, 7) is 5.08. The van der Waals surface area contributed by atoms with Crippen LogP contribution < -0.4 is 10.6 Å². The number of nitrogens with one attached hydrogen (secondary N) is 2. The van der Waals surface area contributed by atoms with Crippen molar-refractivity contribution in [2.24, 2.45) is 10.4 Å². The maximum absolute atomic E-state index is 5.07. The molecule has 0 unspecified atom stereocenters. The molecule has 124 valence electrons. The minimum atomic E-state index is 0.169. The van der Waals surface area contributed by atoms with Crippen molar-refractivity contribution in [2.75, 3.05) is 18.4 Å².